The predicted molar refractivity (Wildman–Crippen MR) is 102 cm³/mol. The molecule has 0 radical (unpaired) electrons. The van der Waals surface area contributed by atoms with Crippen LogP contribution in [0.3, 0.4) is 0 Å². The Morgan fingerprint density at radius 1 is 1.34 bits per heavy atom. The minimum Gasteiger partial charge on any atom is -0.496 e. The average molecular weight is 428 g/mol. The number of rotatable bonds is 5. The molecule has 1 aliphatic heterocycles. The number of hydrogen-bond donors (Lipinski definition) is 1. The third-order valence-electron chi connectivity index (χ3n) is 6.08. The molecule has 5 nitrogen and oxygen atoms in total. The summed E-state index contributed by atoms with van der Waals surface area (Å²) in [5.74, 6) is 0.826. The lowest BCUT2D eigenvalue weighted by Gasteiger charge is -2.61. The van der Waals surface area contributed by atoms with Gasteiger partial charge in [0.25, 0.3) is 0 Å². The van der Waals surface area contributed by atoms with Gasteiger partial charge in [-0.2, -0.15) is 13.2 Å². The first kappa shape index (κ1) is 20.2. The summed E-state index contributed by atoms with van der Waals surface area (Å²) in [6.07, 6.45) is 1.52. The van der Waals surface area contributed by atoms with E-state index < -0.39 is 11.9 Å². The lowest BCUT2D eigenvalue weighted by Crippen LogP contribution is -2.63. The minimum absolute atomic E-state index is 0.0249. The molecule has 2 aromatic heterocycles. The molecule has 3 heterocycles. The number of anilines is 1. The molecule has 4 rings (SSSR count). The van der Waals surface area contributed by atoms with Gasteiger partial charge in [0.15, 0.2) is 5.69 Å². The van der Waals surface area contributed by atoms with Crippen molar-refractivity contribution in [3.8, 4) is 5.75 Å². The van der Waals surface area contributed by atoms with Crippen molar-refractivity contribution >= 4 is 17.3 Å². The number of pyridine rings is 2. The molecular formula is C20H21ClF3N3O2. The van der Waals surface area contributed by atoms with Gasteiger partial charge in [0, 0.05) is 48.6 Å². The molecule has 1 aliphatic carbocycles. The van der Waals surface area contributed by atoms with Gasteiger partial charge < -0.3 is 14.7 Å². The molecule has 2 aromatic rings. The number of ether oxygens (including phenoxy) is 1. The zero-order chi connectivity index (χ0) is 20.8. The zero-order valence-corrected chi connectivity index (χ0v) is 16.5. The van der Waals surface area contributed by atoms with Gasteiger partial charge in [0.05, 0.1) is 24.4 Å². The summed E-state index contributed by atoms with van der Waals surface area (Å²) in [4.78, 5) is 9.34. The number of aliphatic hydroxyl groups excluding tert-OH is 1. The van der Waals surface area contributed by atoms with Crippen LogP contribution < -0.4 is 9.64 Å². The second-order valence-electron chi connectivity index (χ2n) is 7.95. The van der Waals surface area contributed by atoms with Crippen molar-refractivity contribution in [1.82, 2.24) is 9.97 Å². The van der Waals surface area contributed by atoms with E-state index in [2.05, 4.69) is 9.97 Å². The zero-order valence-electron chi connectivity index (χ0n) is 15.8. The van der Waals surface area contributed by atoms with Crippen LogP contribution in [-0.4, -0.2) is 41.9 Å². The van der Waals surface area contributed by atoms with Gasteiger partial charge in [-0.15, -0.1) is 0 Å². The topological polar surface area (TPSA) is 58.5 Å². The Labute approximate surface area is 171 Å². The Balaban J connectivity index is 1.45. The maximum Gasteiger partial charge on any atom is 0.435 e. The van der Waals surface area contributed by atoms with E-state index >= 15 is 0 Å². The van der Waals surface area contributed by atoms with Crippen LogP contribution in [-0.2, 0) is 6.18 Å². The van der Waals surface area contributed by atoms with Crippen LogP contribution >= 0.6 is 11.6 Å². The standard InChI is InChI=1S/C20H21ClF3N3O2/c1-29-17-2-3-25-8-14(17)15(9-28)12-5-19(6-12)10-27(11-19)16-4-13(21)7-26-18(16)20(22,23)24/h2-4,7-8,12,15,28H,5-6,9-11H2,1H3. The first-order chi connectivity index (χ1) is 13.8. The van der Waals surface area contributed by atoms with Crippen LogP contribution in [0, 0.1) is 11.3 Å². The van der Waals surface area contributed by atoms with E-state index in [1.54, 1.807) is 30.5 Å². The van der Waals surface area contributed by atoms with Crippen molar-refractivity contribution in [2.45, 2.75) is 24.9 Å². The lowest BCUT2D eigenvalue weighted by molar-refractivity contribution is -0.141. The van der Waals surface area contributed by atoms with Crippen molar-refractivity contribution < 1.29 is 23.0 Å². The highest BCUT2D eigenvalue weighted by atomic mass is 35.5. The summed E-state index contributed by atoms with van der Waals surface area (Å²) in [5, 5.41) is 10.1. The average Bonchev–Trinajstić information content (AvgIpc) is 2.61. The van der Waals surface area contributed by atoms with Crippen LogP contribution in [0.15, 0.2) is 30.7 Å². The van der Waals surface area contributed by atoms with E-state index in [0.29, 0.717) is 18.8 Å². The Bertz CT molecular complexity index is 895. The Morgan fingerprint density at radius 2 is 2.07 bits per heavy atom. The molecule has 2 fully saturated rings. The molecule has 9 heteroatoms. The van der Waals surface area contributed by atoms with E-state index in [4.69, 9.17) is 16.3 Å². The molecule has 1 spiro atoms. The summed E-state index contributed by atoms with van der Waals surface area (Å²) in [6, 6.07) is 3.10. The number of alkyl halides is 3. The van der Waals surface area contributed by atoms with Crippen LogP contribution in [0.25, 0.3) is 0 Å². The number of aromatic nitrogens is 2. The van der Waals surface area contributed by atoms with Gasteiger partial charge >= 0.3 is 6.18 Å². The second kappa shape index (κ2) is 7.32. The number of aliphatic hydroxyl groups is 1. The van der Waals surface area contributed by atoms with Gasteiger partial charge in [0.1, 0.15) is 5.75 Å². The molecule has 156 valence electrons. The van der Waals surface area contributed by atoms with Crippen LogP contribution in [0.1, 0.15) is 30.0 Å². The first-order valence-electron chi connectivity index (χ1n) is 9.33. The molecule has 1 saturated heterocycles. The number of nitrogens with zero attached hydrogens (tertiary/aromatic N) is 3. The lowest BCUT2D eigenvalue weighted by atomic mass is 9.54. The van der Waals surface area contributed by atoms with Gasteiger partial charge in [-0.3, -0.25) is 4.98 Å². The van der Waals surface area contributed by atoms with Crippen molar-refractivity contribution in [3.63, 3.8) is 0 Å². The SMILES string of the molecule is COc1ccncc1C(CO)C1CC2(C1)CN(c1cc(Cl)cnc1C(F)(F)F)C2. The van der Waals surface area contributed by atoms with E-state index in [0.717, 1.165) is 24.6 Å². The largest absolute Gasteiger partial charge is 0.496 e. The van der Waals surface area contributed by atoms with Crippen LogP contribution in [0.5, 0.6) is 5.75 Å². The van der Waals surface area contributed by atoms with Gasteiger partial charge in [-0.05, 0) is 30.9 Å². The van der Waals surface area contributed by atoms with Gasteiger partial charge in [-0.1, -0.05) is 11.6 Å². The highest BCUT2D eigenvalue weighted by Crippen LogP contribution is 2.58. The molecule has 0 bridgehead atoms. The van der Waals surface area contributed by atoms with Crippen molar-refractivity contribution in [2.75, 3.05) is 31.7 Å². The molecule has 1 unspecified atom stereocenters. The molecule has 1 atom stereocenters. The number of halogens is 4. The highest BCUT2D eigenvalue weighted by molar-refractivity contribution is 6.30. The molecule has 2 aliphatic rings. The predicted octanol–water partition coefficient (Wildman–Crippen LogP) is 4.15. The third kappa shape index (κ3) is 3.64. The van der Waals surface area contributed by atoms with Gasteiger partial charge in [0.2, 0.25) is 0 Å². The fourth-order valence-corrected chi connectivity index (χ4v) is 4.93. The van der Waals surface area contributed by atoms with E-state index in [9.17, 15) is 18.3 Å². The monoisotopic (exact) mass is 427 g/mol. The Kier molecular flexibility index (Phi) is 5.11. The van der Waals surface area contributed by atoms with E-state index in [1.165, 1.54) is 6.07 Å². The first-order valence-corrected chi connectivity index (χ1v) is 9.70. The quantitative estimate of drug-likeness (QED) is 0.776. The van der Waals surface area contributed by atoms with Crippen molar-refractivity contribution in [3.05, 3.63) is 47.0 Å². The van der Waals surface area contributed by atoms with Crippen molar-refractivity contribution in [1.29, 1.82) is 0 Å². The summed E-state index contributed by atoms with van der Waals surface area (Å²) in [5.41, 5.74) is -0.0294. The second-order valence-corrected chi connectivity index (χ2v) is 8.39. The van der Waals surface area contributed by atoms with Crippen LogP contribution in [0.4, 0.5) is 18.9 Å². The molecule has 1 saturated carbocycles. The van der Waals surface area contributed by atoms with Gasteiger partial charge in [-0.25, -0.2) is 4.98 Å². The smallest absolute Gasteiger partial charge is 0.435 e. The van der Waals surface area contributed by atoms with Crippen LogP contribution in [0.2, 0.25) is 5.02 Å². The van der Waals surface area contributed by atoms with Crippen molar-refractivity contribution in [2.24, 2.45) is 11.3 Å². The minimum atomic E-state index is -4.52. The highest BCUT2D eigenvalue weighted by Gasteiger charge is 2.55. The molecular weight excluding hydrogens is 407 g/mol. The molecule has 0 aromatic carbocycles. The normalized spacial score (nSPS) is 19.6. The molecule has 1 N–H and O–H groups in total. The van der Waals surface area contributed by atoms with E-state index in [1.807, 2.05) is 0 Å². The molecule has 29 heavy (non-hydrogen) atoms. The third-order valence-corrected chi connectivity index (χ3v) is 6.29. The Hall–Kier alpha value is -2.06. The summed E-state index contributed by atoms with van der Waals surface area (Å²) < 4.78 is 45.2. The fourth-order valence-electron chi connectivity index (χ4n) is 4.78. The maximum absolute atomic E-state index is 13.3. The number of hydrogen-bond acceptors (Lipinski definition) is 5. The fraction of sp³-hybridized carbons (Fsp3) is 0.500. The van der Waals surface area contributed by atoms with E-state index in [-0.39, 0.29) is 34.6 Å². The Morgan fingerprint density at radius 3 is 2.69 bits per heavy atom. The summed E-state index contributed by atoms with van der Waals surface area (Å²) in [7, 11) is 1.58. The summed E-state index contributed by atoms with van der Waals surface area (Å²) in [6.45, 7) is 1.02. The molecule has 0 amide bonds. The maximum atomic E-state index is 13.3. The summed E-state index contributed by atoms with van der Waals surface area (Å²) >= 11 is 5.89. The number of methoxy groups -OCH3 is 1.